The summed E-state index contributed by atoms with van der Waals surface area (Å²) in [5.74, 6) is -1.23. The third kappa shape index (κ3) is 3.93. The molecule has 132 valence electrons. The molecule has 2 aliphatic heterocycles. The zero-order valence-corrected chi connectivity index (χ0v) is 14.8. The lowest BCUT2D eigenvalue weighted by Gasteiger charge is -2.31. The summed E-state index contributed by atoms with van der Waals surface area (Å²) in [5.41, 5.74) is 0. The zero-order valence-electron chi connectivity index (χ0n) is 13.2. The molecule has 25 heavy (non-hydrogen) atoms. The number of furan rings is 1. The Kier molecular flexibility index (Phi) is 5.24. The monoisotopic (exact) mass is 380 g/mol. The van der Waals surface area contributed by atoms with Crippen LogP contribution in [0.3, 0.4) is 0 Å². The predicted molar refractivity (Wildman–Crippen MR) is 95.5 cm³/mol. The van der Waals surface area contributed by atoms with Crippen LogP contribution in [-0.2, 0) is 14.4 Å². The number of hydrogen-bond donors (Lipinski definition) is 1. The van der Waals surface area contributed by atoms with E-state index in [0.29, 0.717) is 40.9 Å². The average molecular weight is 380 g/mol. The van der Waals surface area contributed by atoms with Gasteiger partial charge in [0.1, 0.15) is 16.6 Å². The minimum atomic E-state index is -0.827. The van der Waals surface area contributed by atoms with E-state index >= 15 is 0 Å². The molecule has 9 heteroatoms. The molecule has 2 aliphatic rings. The summed E-state index contributed by atoms with van der Waals surface area (Å²) in [6.45, 7) is 0.636. The van der Waals surface area contributed by atoms with E-state index in [2.05, 4.69) is 0 Å². The van der Waals surface area contributed by atoms with Crippen LogP contribution in [0.25, 0.3) is 6.08 Å². The van der Waals surface area contributed by atoms with Gasteiger partial charge in [0.2, 0.25) is 5.91 Å². The molecular formula is C16H16N2O5S2. The van der Waals surface area contributed by atoms with E-state index in [1.54, 1.807) is 23.1 Å². The highest BCUT2D eigenvalue weighted by atomic mass is 32.2. The minimum absolute atomic E-state index is 0.127. The van der Waals surface area contributed by atoms with Crippen molar-refractivity contribution in [1.82, 2.24) is 9.80 Å². The largest absolute Gasteiger partial charge is 0.481 e. The molecule has 0 unspecified atom stereocenters. The molecule has 0 aliphatic carbocycles. The predicted octanol–water partition coefficient (Wildman–Crippen LogP) is 1.80. The molecular weight excluding hydrogens is 364 g/mol. The van der Waals surface area contributed by atoms with Gasteiger partial charge >= 0.3 is 5.97 Å². The van der Waals surface area contributed by atoms with Gasteiger partial charge < -0.3 is 14.4 Å². The fourth-order valence-corrected chi connectivity index (χ4v) is 3.99. The van der Waals surface area contributed by atoms with E-state index < -0.39 is 11.9 Å². The number of rotatable bonds is 4. The van der Waals surface area contributed by atoms with Crippen LogP contribution in [0, 0.1) is 5.92 Å². The Balaban J connectivity index is 1.61. The summed E-state index contributed by atoms with van der Waals surface area (Å²) >= 11 is 6.34. The van der Waals surface area contributed by atoms with Gasteiger partial charge in [-0.15, -0.1) is 0 Å². The number of likely N-dealkylation sites (tertiary alicyclic amines) is 1. The van der Waals surface area contributed by atoms with Crippen molar-refractivity contribution in [3.8, 4) is 0 Å². The topological polar surface area (TPSA) is 91.1 Å². The molecule has 7 nitrogen and oxygen atoms in total. The summed E-state index contributed by atoms with van der Waals surface area (Å²) in [7, 11) is 0. The molecule has 3 heterocycles. The summed E-state index contributed by atoms with van der Waals surface area (Å²) in [5, 5.41) is 9.01. The molecule has 0 radical (unpaired) electrons. The van der Waals surface area contributed by atoms with Gasteiger partial charge in [0, 0.05) is 19.2 Å². The number of thioether (sulfide) groups is 1. The first-order valence-electron chi connectivity index (χ1n) is 7.75. The van der Waals surface area contributed by atoms with Crippen molar-refractivity contribution in [1.29, 1.82) is 0 Å². The van der Waals surface area contributed by atoms with Crippen molar-refractivity contribution in [3.05, 3.63) is 29.1 Å². The van der Waals surface area contributed by atoms with E-state index in [-0.39, 0.29) is 18.4 Å². The Hall–Kier alpha value is -2.13. The van der Waals surface area contributed by atoms with Crippen LogP contribution in [0.2, 0.25) is 0 Å². The third-order valence-electron chi connectivity index (χ3n) is 4.18. The lowest BCUT2D eigenvalue weighted by molar-refractivity contribution is -0.146. The number of thiocarbonyl (C=S) groups is 1. The Labute approximate surface area is 153 Å². The van der Waals surface area contributed by atoms with Crippen LogP contribution in [0.1, 0.15) is 18.6 Å². The number of carboxylic acid groups (broad SMARTS) is 1. The SMILES string of the molecule is O=C(O)C1CCN(C(=O)CN2C(=O)C(=Cc3ccco3)SC2=S)CC1. The second kappa shape index (κ2) is 7.40. The maximum absolute atomic E-state index is 12.5. The van der Waals surface area contributed by atoms with Crippen molar-refractivity contribution in [2.45, 2.75) is 12.8 Å². The second-order valence-electron chi connectivity index (χ2n) is 5.78. The van der Waals surface area contributed by atoms with Gasteiger partial charge in [0.15, 0.2) is 0 Å². The molecule has 2 saturated heterocycles. The van der Waals surface area contributed by atoms with Gasteiger partial charge in [-0.3, -0.25) is 19.3 Å². The van der Waals surface area contributed by atoms with Crippen LogP contribution < -0.4 is 0 Å². The van der Waals surface area contributed by atoms with E-state index in [9.17, 15) is 14.4 Å². The number of amides is 2. The van der Waals surface area contributed by atoms with Crippen molar-refractivity contribution >= 4 is 52.2 Å². The normalized spacial score (nSPS) is 20.6. The number of carbonyl (C=O) groups excluding carboxylic acids is 2. The van der Waals surface area contributed by atoms with Gasteiger partial charge in [-0.1, -0.05) is 24.0 Å². The number of piperidine rings is 1. The Morgan fingerprint density at radius 2 is 2.12 bits per heavy atom. The Morgan fingerprint density at radius 1 is 1.40 bits per heavy atom. The van der Waals surface area contributed by atoms with Crippen LogP contribution >= 0.6 is 24.0 Å². The maximum atomic E-state index is 12.5. The van der Waals surface area contributed by atoms with Crippen LogP contribution in [0.5, 0.6) is 0 Å². The standard InChI is InChI=1S/C16H16N2O5S2/c19-13(17-5-3-10(4-6-17)15(21)22)9-18-14(20)12(25-16(18)24)8-11-2-1-7-23-11/h1-2,7-8,10H,3-6,9H2,(H,21,22). The van der Waals surface area contributed by atoms with Gasteiger partial charge in [0.05, 0.1) is 17.1 Å². The quantitative estimate of drug-likeness (QED) is 0.629. The van der Waals surface area contributed by atoms with Crippen LogP contribution in [0.4, 0.5) is 0 Å². The van der Waals surface area contributed by atoms with E-state index in [1.165, 1.54) is 11.2 Å². The molecule has 0 spiro atoms. The Morgan fingerprint density at radius 3 is 2.72 bits per heavy atom. The summed E-state index contributed by atoms with van der Waals surface area (Å²) in [6.07, 6.45) is 3.97. The number of hydrogen-bond acceptors (Lipinski definition) is 6. The fraction of sp³-hybridized carbons (Fsp3) is 0.375. The van der Waals surface area contributed by atoms with E-state index in [0.717, 1.165) is 11.8 Å². The number of nitrogens with zero attached hydrogens (tertiary/aromatic N) is 2. The van der Waals surface area contributed by atoms with Gasteiger partial charge in [-0.05, 0) is 25.0 Å². The van der Waals surface area contributed by atoms with E-state index in [1.807, 2.05) is 0 Å². The van der Waals surface area contributed by atoms with Crippen molar-refractivity contribution in [3.63, 3.8) is 0 Å². The van der Waals surface area contributed by atoms with Crippen molar-refractivity contribution in [2.75, 3.05) is 19.6 Å². The number of carboxylic acids is 1. The lowest BCUT2D eigenvalue weighted by Crippen LogP contribution is -2.46. The molecule has 2 amide bonds. The highest BCUT2D eigenvalue weighted by Crippen LogP contribution is 2.32. The molecule has 0 saturated carbocycles. The van der Waals surface area contributed by atoms with Gasteiger partial charge in [0.25, 0.3) is 5.91 Å². The Bertz CT molecular complexity index is 736. The van der Waals surface area contributed by atoms with Crippen LogP contribution in [-0.4, -0.2) is 56.6 Å². The third-order valence-corrected chi connectivity index (χ3v) is 5.56. The second-order valence-corrected chi connectivity index (χ2v) is 7.45. The highest BCUT2D eigenvalue weighted by Gasteiger charge is 2.35. The molecule has 1 aromatic rings. The first kappa shape index (κ1) is 17.7. The molecule has 2 fully saturated rings. The van der Waals surface area contributed by atoms with Crippen LogP contribution in [0.15, 0.2) is 27.7 Å². The highest BCUT2D eigenvalue weighted by molar-refractivity contribution is 8.26. The molecule has 0 aromatic carbocycles. The first-order valence-corrected chi connectivity index (χ1v) is 8.97. The molecule has 3 rings (SSSR count). The average Bonchev–Trinajstić information content (AvgIpc) is 3.19. The fourth-order valence-electron chi connectivity index (χ4n) is 2.75. The van der Waals surface area contributed by atoms with Crippen molar-refractivity contribution in [2.24, 2.45) is 5.92 Å². The van der Waals surface area contributed by atoms with Crippen molar-refractivity contribution < 1.29 is 23.9 Å². The minimum Gasteiger partial charge on any atom is -0.481 e. The lowest BCUT2D eigenvalue weighted by atomic mass is 9.97. The summed E-state index contributed by atoms with van der Waals surface area (Å²) in [4.78, 5) is 39.1. The number of aliphatic carboxylic acids is 1. The molecule has 1 aromatic heterocycles. The molecule has 0 bridgehead atoms. The van der Waals surface area contributed by atoms with E-state index in [4.69, 9.17) is 21.7 Å². The zero-order chi connectivity index (χ0) is 18.0. The van der Waals surface area contributed by atoms with Gasteiger partial charge in [-0.2, -0.15) is 0 Å². The smallest absolute Gasteiger partial charge is 0.306 e. The molecule has 1 N–H and O–H groups in total. The van der Waals surface area contributed by atoms with Gasteiger partial charge in [-0.25, -0.2) is 0 Å². The molecule has 0 atom stereocenters. The summed E-state index contributed by atoms with van der Waals surface area (Å²) in [6, 6.07) is 3.45. The maximum Gasteiger partial charge on any atom is 0.306 e. The summed E-state index contributed by atoms with van der Waals surface area (Å²) < 4.78 is 5.52. The number of carbonyl (C=O) groups is 3. The first-order chi connectivity index (χ1) is 12.0.